The number of hydrogen-bond donors (Lipinski definition) is 3. The van der Waals surface area contributed by atoms with Crippen molar-refractivity contribution in [1.82, 2.24) is 15.1 Å². The average Bonchev–Trinajstić information content (AvgIpc) is 2.36. The molecule has 1 aliphatic rings. The van der Waals surface area contributed by atoms with E-state index in [1.165, 1.54) is 0 Å². The SMILES string of the molecule is CC(NC(N)=O)C(=O)N1CCN(C(C)C(=O)O)CC1. The van der Waals surface area contributed by atoms with E-state index in [2.05, 4.69) is 5.32 Å². The molecule has 0 aromatic carbocycles. The minimum atomic E-state index is -0.872. The van der Waals surface area contributed by atoms with Crippen molar-refractivity contribution in [2.24, 2.45) is 5.73 Å². The number of rotatable bonds is 4. The number of nitrogens with two attached hydrogens (primary N) is 1. The molecule has 2 unspecified atom stereocenters. The average molecular weight is 272 g/mol. The van der Waals surface area contributed by atoms with E-state index in [0.717, 1.165) is 0 Å². The number of nitrogens with one attached hydrogen (secondary N) is 1. The Labute approximate surface area is 111 Å². The lowest BCUT2D eigenvalue weighted by Gasteiger charge is -2.37. The summed E-state index contributed by atoms with van der Waals surface area (Å²) in [7, 11) is 0. The van der Waals surface area contributed by atoms with Gasteiger partial charge in [0.05, 0.1) is 0 Å². The summed E-state index contributed by atoms with van der Waals surface area (Å²) in [6.45, 7) is 5.09. The normalized spacial score (nSPS) is 19.6. The lowest BCUT2D eigenvalue weighted by Crippen LogP contribution is -2.56. The first-order chi connectivity index (χ1) is 8.82. The van der Waals surface area contributed by atoms with Crippen molar-refractivity contribution in [3.05, 3.63) is 0 Å². The third kappa shape index (κ3) is 4.09. The second-order valence-corrected chi connectivity index (χ2v) is 4.61. The molecular formula is C11H20N4O4. The molecule has 4 N–H and O–H groups in total. The summed E-state index contributed by atoms with van der Waals surface area (Å²) in [4.78, 5) is 36.9. The molecule has 1 saturated heterocycles. The van der Waals surface area contributed by atoms with Gasteiger partial charge in [0.1, 0.15) is 12.1 Å². The van der Waals surface area contributed by atoms with Gasteiger partial charge in [-0.1, -0.05) is 0 Å². The monoisotopic (exact) mass is 272 g/mol. The lowest BCUT2D eigenvalue weighted by molar-refractivity contribution is -0.144. The first kappa shape index (κ1) is 15.2. The van der Waals surface area contributed by atoms with Gasteiger partial charge in [0.25, 0.3) is 0 Å². The smallest absolute Gasteiger partial charge is 0.320 e. The quantitative estimate of drug-likeness (QED) is 0.586. The molecule has 8 nitrogen and oxygen atoms in total. The van der Waals surface area contributed by atoms with Crippen molar-refractivity contribution >= 4 is 17.9 Å². The van der Waals surface area contributed by atoms with Crippen LogP contribution >= 0.6 is 0 Å². The molecule has 8 heteroatoms. The highest BCUT2D eigenvalue weighted by Crippen LogP contribution is 2.08. The molecule has 108 valence electrons. The molecule has 0 saturated carbocycles. The number of carboxylic acid groups (broad SMARTS) is 1. The summed E-state index contributed by atoms with van der Waals surface area (Å²) in [6, 6.07) is -1.96. The van der Waals surface area contributed by atoms with Gasteiger partial charge < -0.3 is 21.1 Å². The van der Waals surface area contributed by atoms with E-state index in [9.17, 15) is 14.4 Å². The number of nitrogens with zero attached hydrogens (tertiary/aromatic N) is 2. The van der Waals surface area contributed by atoms with E-state index in [-0.39, 0.29) is 5.91 Å². The maximum atomic E-state index is 12.0. The van der Waals surface area contributed by atoms with Crippen LogP contribution in [0.1, 0.15) is 13.8 Å². The Kier molecular flexibility index (Phi) is 5.11. The van der Waals surface area contributed by atoms with Gasteiger partial charge in [-0.2, -0.15) is 0 Å². The van der Waals surface area contributed by atoms with Crippen LogP contribution < -0.4 is 11.1 Å². The number of primary amides is 1. The van der Waals surface area contributed by atoms with Crippen LogP contribution in [0.2, 0.25) is 0 Å². The van der Waals surface area contributed by atoms with Crippen LogP contribution in [0, 0.1) is 0 Å². The number of carbonyl (C=O) groups is 3. The van der Waals surface area contributed by atoms with Crippen LogP contribution in [-0.2, 0) is 9.59 Å². The first-order valence-corrected chi connectivity index (χ1v) is 6.14. The van der Waals surface area contributed by atoms with E-state index in [1.807, 2.05) is 0 Å². The van der Waals surface area contributed by atoms with Gasteiger partial charge in [0, 0.05) is 26.2 Å². The van der Waals surface area contributed by atoms with Crippen molar-refractivity contribution in [1.29, 1.82) is 0 Å². The fourth-order valence-corrected chi connectivity index (χ4v) is 2.03. The summed E-state index contributed by atoms with van der Waals surface area (Å²) in [5.74, 6) is -1.08. The predicted octanol–water partition coefficient (Wildman–Crippen LogP) is -1.34. The number of hydrogen-bond acceptors (Lipinski definition) is 4. The van der Waals surface area contributed by atoms with Crippen molar-refractivity contribution in [2.75, 3.05) is 26.2 Å². The molecule has 1 fully saturated rings. The number of carbonyl (C=O) groups excluding carboxylic acids is 2. The molecule has 0 aromatic rings. The zero-order chi connectivity index (χ0) is 14.6. The topological polar surface area (TPSA) is 116 Å². The molecule has 0 aliphatic carbocycles. The molecule has 0 radical (unpaired) electrons. The Morgan fingerprint density at radius 2 is 1.68 bits per heavy atom. The number of urea groups is 1. The Morgan fingerprint density at radius 3 is 2.11 bits per heavy atom. The van der Waals surface area contributed by atoms with Crippen LogP contribution in [0.25, 0.3) is 0 Å². The highest BCUT2D eigenvalue weighted by Gasteiger charge is 2.29. The number of aliphatic carboxylic acids is 1. The Morgan fingerprint density at radius 1 is 1.16 bits per heavy atom. The number of carboxylic acids is 1. The standard InChI is InChI=1S/C11H20N4O4/c1-7(13-11(12)19)9(16)15-5-3-14(4-6-15)8(2)10(17)18/h7-8H,3-6H2,1-2H3,(H,17,18)(H3,12,13,19). The van der Waals surface area contributed by atoms with E-state index in [0.29, 0.717) is 26.2 Å². The highest BCUT2D eigenvalue weighted by atomic mass is 16.4. The van der Waals surface area contributed by atoms with Crippen LogP contribution in [-0.4, -0.2) is 71.1 Å². The fraction of sp³-hybridized carbons (Fsp3) is 0.727. The van der Waals surface area contributed by atoms with Gasteiger partial charge in [-0.25, -0.2) is 4.79 Å². The molecule has 2 atom stereocenters. The highest BCUT2D eigenvalue weighted by molar-refractivity contribution is 5.86. The minimum absolute atomic E-state index is 0.207. The van der Waals surface area contributed by atoms with Crippen LogP contribution in [0.4, 0.5) is 4.79 Å². The summed E-state index contributed by atoms with van der Waals surface area (Å²) in [6.07, 6.45) is 0. The minimum Gasteiger partial charge on any atom is -0.480 e. The van der Waals surface area contributed by atoms with E-state index in [1.54, 1.807) is 23.6 Å². The van der Waals surface area contributed by atoms with Gasteiger partial charge in [-0.3, -0.25) is 14.5 Å². The molecule has 0 bridgehead atoms. The zero-order valence-electron chi connectivity index (χ0n) is 11.1. The molecule has 3 amide bonds. The van der Waals surface area contributed by atoms with Gasteiger partial charge in [0.2, 0.25) is 5.91 Å². The van der Waals surface area contributed by atoms with E-state index >= 15 is 0 Å². The number of piperazine rings is 1. The molecule has 19 heavy (non-hydrogen) atoms. The fourth-order valence-electron chi connectivity index (χ4n) is 2.03. The van der Waals surface area contributed by atoms with Gasteiger partial charge >= 0.3 is 12.0 Å². The lowest BCUT2D eigenvalue weighted by atomic mass is 10.2. The Hall–Kier alpha value is -1.83. The molecule has 1 rings (SSSR count). The molecule has 1 aliphatic heterocycles. The summed E-state index contributed by atoms with van der Waals surface area (Å²) >= 11 is 0. The molecule has 1 heterocycles. The summed E-state index contributed by atoms with van der Waals surface area (Å²) in [5, 5.41) is 11.2. The predicted molar refractivity (Wildman–Crippen MR) is 67.4 cm³/mol. The Bertz CT molecular complexity index is 366. The van der Waals surface area contributed by atoms with Gasteiger partial charge in [0.15, 0.2) is 0 Å². The summed E-state index contributed by atoms with van der Waals surface area (Å²) < 4.78 is 0. The van der Waals surface area contributed by atoms with E-state index < -0.39 is 24.1 Å². The van der Waals surface area contributed by atoms with Gasteiger partial charge in [-0.15, -0.1) is 0 Å². The van der Waals surface area contributed by atoms with Gasteiger partial charge in [-0.05, 0) is 13.8 Å². The second kappa shape index (κ2) is 6.37. The molecule has 0 aromatic heterocycles. The van der Waals surface area contributed by atoms with E-state index in [4.69, 9.17) is 10.8 Å². The second-order valence-electron chi connectivity index (χ2n) is 4.61. The third-order valence-corrected chi connectivity index (χ3v) is 3.26. The van der Waals surface area contributed by atoms with Crippen molar-refractivity contribution in [3.63, 3.8) is 0 Å². The maximum Gasteiger partial charge on any atom is 0.320 e. The maximum absolute atomic E-state index is 12.0. The van der Waals surface area contributed by atoms with Crippen LogP contribution in [0.15, 0.2) is 0 Å². The molecular weight excluding hydrogens is 252 g/mol. The van der Waals surface area contributed by atoms with Crippen molar-refractivity contribution in [2.45, 2.75) is 25.9 Å². The van der Waals surface area contributed by atoms with Crippen molar-refractivity contribution < 1.29 is 19.5 Å². The number of amides is 3. The zero-order valence-corrected chi connectivity index (χ0v) is 11.1. The Balaban J connectivity index is 2.47. The van der Waals surface area contributed by atoms with Crippen LogP contribution in [0.3, 0.4) is 0 Å². The summed E-state index contributed by atoms with van der Waals surface area (Å²) in [5.41, 5.74) is 4.96. The largest absolute Gasteiger partial charge is 0.480 e. The van der Waals surface area contributed by atoms with Crippen molar-refractivity contribution in [3.8, 4) is 0 Å². The first-order valence-electron chi connectivity index (χ1n) is 6.14. The molecule has 0 spiro atoms. The third-order valence-electron chi connectivity index (χ3n) is 3.26. The van der Waals surface area contributed by atoms with Crippen LogP contribution in [0.5, 0.6) is 0 Å².